The van der Waals surface area contributed by atoms with Crippen molar-refractivity contribution in [2.45, 2.75) is 44.3 Å². The number of hydrogen-bond acceptors (Lipinski definition) is 4. The first-order valence-electron chi connectivity index (χ1n) is 5.51. The molecule has 0 radical (unpaired) electrons. The van der Waals surface area contributed by atoms with E-state index in [1.165, 1.54) is 38.6 Å². The molecule has 2 fully saturated rings. The van der Waals surface area contributed by atoms with Gasteiger partial charge in [-0.3, -0.25) is 9.11 Å². The van der Waals surface area contributed by atoms with Crippen molar-refractivity contribution in [3.8, 4) is 0 Å². The van der Waals surface area contributed by atoms with Crippen LogP contribution in [0.2, 0.25) is 0 Å². The van der Waals surface area contributed by atoms with Gasteiger partial charge in [-0.15, -0.1) is 12.4 Å². The summed E-state index contributed by atoms with van der Waals surface area (Å²) in [5.74, 6) is 0. The van der Waals surface area contributed by atoms with Crippen LogP contribution in [-0.4, -0.2) is 42.8 Å². The Kier molecular flexibility index (Phi) is 8.27. The van der Waals surface area contributed by atoms with E-state index in [9.17, 15) is 0 Å². The van der Waals surface area contributed by atoms with Gasteiger partial charge in [0.1, 0.15) is 0 Å². The van der Waals surface area contributed by atoms with Crippen molar-refractivity contribution in [2.75, 3.05) is 13.1 Å². The van der Waals surface area contributed by atoms with E-state index < -0.39 is 10.4 Å². The van der Waals surface area contributed by atoms with Gasteiger partial charge in [0.15, 0.2) is 0 Å². The fourth-order valence-electron chi connectivity index (χ4n) is 1.72. The summed E-state index contributed by atoms with van der Waals surface area (Å²) in [6.07, 6.45) is 7.67. The summed E-state index contributed by atoms with van der Waals surface area (Å²) in [5, 5.41) is 3.36. The molecule has 0 bridgehead atoms. The molecule has 1 unspecified atom stereocenters. The Bertz CT molecular complexity index is 280. The lowest BCUT2D eigenvalue weighted by Gasteiger charge is -2.32. The van der Waals surface area contributed by atoms with Gasteiger partial charge < -0.3 is 10.1 Å². The van der Waals surface area contributed by atoms with Crippen LogP contribution < -0.4 is 5.32 Å². The smallest absolute Gasteiger partial charge is 0.374 e. The van der Waals surface area contributed by atoms with Crippen LogP contribution in [0.25, 0.3) is 0 Å². The van der Waals surface area contributed by atoms with Gasteiger partial charge in [-0.05, 0) is 38.6 Å². The first-order valence-corrected chi connectivity index (χ1v) is 6.91. The molecule has 1 heterocycles. The first-order chi connectivity index (χ1) is 7.45. The van der Waals surface area contributed by atoms with Gasteiger partial charge in [-0.1, -0.05) is 0 Å². The topological polar surface area (TPSA) is 95.9 Å². The molecule has 1 aliphatic carbocycles. The monoisotopic (exact) mass is 289 g/mol. The van der Waals surface area contributed by atoms with Crippen LogP contribution in [0.4, 0.5) is 0 Å². The zero-order valence-corrected chi connectivity index (χ0v) is 11.2. The minimum atomic E-state index is -4.67. The first kappa shape index (κ1) is 17.1. The van der Waals surface area contributed by atoms with Crippen molar-refractivity contribution >= 4 is 22.8 Å². The normalized spacial score (nSPS) is 24.9. The molecule has 6 nitrogen and oxygen atoms in total. The van der Waals surface area contributed by atoms with Crippen molar-refractivity contribution in [2.24, 2.45) is 0 Å². The molecule has 3 N–H and O–H groups in total. The molecule has 0 spiro atoms. The minimum Gasteiger partial charge on any atom is -0.374 e. The zero-order valence-electron chi connectivity index (χ0n) is 9.54. The van der Waals surface area contributed by atoms with E-state index in [1.807, 2.05) is 0 Å². The van der Waals surface area contributed by atoms with Crippen LogP contribution in [0.3, 0.4) is 0 Å². The summed E-state index contributed by atoms with van der Waals surface area (Å²) in [6, 6.07) is 0. The second kappa shape index (κ2) is 8.23. The fourth-order valence-corrected chi connectivity index (χ4v) is 1.72. The van der Waals surface area contributed by atoms with Gasteiger partial charge in [-0.2, -0.15) is 8.42 Å². The number of ether oxygens (including phenoxy) is 1. The van der Waals surface area contributed by atoms with Crippen molar-refractivity contribution < 1.29 is 22.3 Å². The summed E-state index contributed by atoms with van der Waals surface area (Å²) in [6.45, 7) is 2.26. The van der Waals surface area contributed by atoms with Crippen molar-refractivity contribution in [3.05, 3.63) is 0 Å². The summed E-state index contributed by atoms with van der Waals surface area (Å²) in [4.78, 5) is 0. The molecule has 1 saturated heterocycles. The SMILES string of the molecule is C1CC(OC2CCCNC2)C1.Cl.O=S(=O)(O)O. The third-order valence-corrected chi connectivity index (χ3v) is 2.69. The van der Waals surface area contributed by atoms with Crippen molar-refractivity contribution in [1.82, 2.24) is 5.32 Å². The van der Waals surface area contributed by atoms with Gasteiger partial charge in [0, 0.05) is 6.54 Å². The molecule has 0 amide bonds. The van der Waals surface area contributed by atoms with E-state index in [-0.39, 0.29) is 12.4 Å². The molecule has 0 aromatic carbocycles. The third kappa shape index (κ3) is 9.75. The molecule has 1 aliphatic heterocycles. The Morgan fingerprint density at radius 1 is 1.06 bits per heavy atom. The molecule has 17 heavy (non-hydrogen) atoms. The van der Waals surface area contributed by atoms with E-state index in [1.54, 1.807) is 0 Å². The number of nitrogens with one attached hydrogen (secondary N) is 1. The molecule has 2 aliphatic rings. The van der Waals surface area contributed by atoms with Gasteiger partial charge >= 0.3 is 10.4 Å². The summed E-state index contributed by atoms with van der Waals surface area (Å²) in [7, 11) is -4.67. The number of rotatable bonds is 2. The third-order valence-electron chi connectivity index (χ3n) is 2.69. The molecular formula is C9H20ClNO5S. The molecule has 1 atom stereocenters. The Morgan fingerprint density at radius 3 is 1.94 bits per heavy atom. The highest BCUT2D eigenvalue weighted by atomic mass is 35.5. The van der Waals surface area contributed by atoms with Crippen LogP contribution in [-0.2, 0) is 15.1 Å². The lowest BCUT2D eigenvalue weighted by molar-refractivity contribution is -0.0587. The highest BCUT2D eigenvalue weighted by molar-refractivity contribution is 7.79. The molecule has 2 rings (SSSR count). The summed E-state index contributed by atoms with van der Waals surface area (Å²) >= 11 is 0. The van der Waals surface area contributed by atoms with Crippen LogP contribution in [0.5, 0.6) is 0 Å². The largest absolute Gasteiger partial charge is 0.394 e. The van der Waals surface area contributed by atoms with Crippen LogP contribution in [0.15, 0.2) is 0 Å². The number of halogens is 1. The van der Waals surface area contributed by atoms with Gasteiger partial charge in [-0.25, -0.2) is 0 Å². The minimum absolute atomic E-state index is 0. The van der Waals surface area contributed by atoms with Gasteiger partial charge in [0.2, 0.25) is 0 Å². The predicted molar refractivity (Wildman–Crippen MR) is 66.0 cm³/mol. The highest BCUT2D eigenvalue weighted by Crippen LogP contribution is 2.24. The Labute approximate surface area is 108 Å². The Hall–Kier alpha value is 0.0800. The molecule has 8 heteroatoms. The molecular weight excluding hydrogens is 270 g/mol. The lowest BCUT2D eigenvalue weighted by Crippen LogP contribution is -2.39. The summed E-state index contributed by atoms with van der Waals surface area (Å²) in [5.41, 5.74) is 0. The maximum absolute atomic E-state index is 8.74. The van der Waals surface area contributed by atoms with Crippen LogP contribution in [0, 0.1) is 0 Å². The molecule has 1 saturated carbocycles. The quantitative estimate of drug-likeness (QED) is 0.658. The standard InChI is InChI=1S/C9H17NO.ClH.H2O4S/c1-3-8(4-1)11-9-5-2-6-10-7-9;;1-5(2,3)4/h8-10H,1-7H2;1H;(H2,1,2,3,4). The second-order valence-corrected chi connectivity index (χ2v) is 5.00. The molecule has 0 aromatic rings. The summed E-state index contributed by atoms with van der Waals surface area (Å²) < 4.78 is 37.4. The van der Waals surface area contributed by atoms with E-state index >= 15 is 0 Å². The highest BCUT2D eigenvalue weighted by Gasteiger charge is 2.23. The average Bonchev–Trinajstić information content (AvgIpc) is 2.11. The Balaban J connectivity index is 0.000000373. The van der Waals surface area contributed by atoms with E-state index in [0.717, 1.165) is 6.54 Å². The van der Waals surface area contributed by atoms with E-state index in [0.29, 0.717) is 12.2 Å². The van der Waals surface area contributed by atoms with Crippen molar-refractivity contribution in [3.63, 3.8) is 0 Å². The molecule has 0 aromatic heterocycles. The van der Waals surface area contributed by atoms with Gasteiger partial charge in [0.05, 0.1) is 12.2 Å². The van der Waals surface area contributed by atoms with Gasteiger partial charge in [0.25, 0.3) is 0 Å². The van der Waals surface area contributed by atoms with Crippen LogP contribution >= 0.6 is 12.4 Å². The van der Waals surface area contributed by atoms with E-state index in [2.05, 4.69) is 5.32 Å². The second-order valence-electron chi connectivity index (χ2n) is 4.11. The predicted octanol–water partition coefficient (Wildman–Crippen LogP) is 1.08. The average molecular weight is 290 g/mol. The van der Waals surface area contributed by atoms with Crippen molar-refractivity contribution in [1.29, 1.82) is 0 Å². The number of hydrogen-bond donors (Lipinski definition) is 3. The fraction of sp³-hybridized carbons (Fsp3) is 1.00. The number of piperidine rings is 1. The maximum atomic E-state index is 8.74. The van der Waals surface area contributed by atoms with Crippen LogP contribution in [0.1, 0.15) is 32.1 Å². The molecule has 104 valence electrons. The maximum Gasteiger partial charge on any atom is 0.394 e. The lowest BCUT2D eigenvalue weighted by atomic mass is 9.95. The zero-order chi connectivity index (χ0) is 12.0. The van der Waals surface area contributed by atoms with E-state index in [4.69, 9.17) is 22.3 Å². The Morgan fingerprint density at radius 2 is 1.59 bits per heavy atom.